The first-order valence-corrected chi connectivity index (χ1v) is 7.58. The molecule has 1 atom stereocenters. The molecule has 1 aromatic heterocycles. The van der Waals surface area contributed by atoms with Gasteiger partial charge in [-0.1, -0.05) is 36.8 Å². The summed E-state index contributed by atoms with van der Waals surface area (Å²) in [7, 11) is 3.72. The molecular formula is C17H25N5. The van der Waals surface area contributed by atoms with E-state index in [1.165, 1.54) is 11.1 Å². The fraction of sp³-hybridized carbons (Fsp3) is 0.412. The Bertz CT molecular complexity index is 612. The van der Waals surface area contributed by atoms with Gasteiger partial charge in [-0.25, -0.2) is 0 Å². The van der Waals surface area contributed by atoms with Gasteiger partial charge in [-0.2, -0.15) is 5.10 Å². The summed E-state index contributed by atoms with van der Waals surface area (Å²) in [5, 5.41) is 10.8. The molecule has 0 amide bonds. The average Bonchev–Trinajstić information content (AvgIpc) is 2.93. The molecule has 0 spiro atoms. The van der Waals surface area contributed by atoms with Crippen molar-refractivity contribution in [1.82, 2.24) is 20.4 Å². The van der Waals surface area contributed by atoms with E-state index < -0.39 is 0 Å². The zero-order valence-corrected chi connectivity index (χ0v) is 13.8. The van der Waals surface area contributed by atoms with Crippen LogP contribution in [0.3, 0.4) is 0 Å². The Kier molecular flexibility index (Phi) is 5.58. The zero-order chi connectivity index (χ0) is 15.9. The largest absolute Gasteiger partial charge is 0.356 e. The van der Waals surface area contributed by atoms with Gasteiger partial charge in [0.25, 0.3) is 0 Å². The molecule has 2 N–H and O–H groups in total. The van der Waals surface area contributed by atoms with Crippen LogP contribution in [0.2, 0.25) is 0 Å². The second-order valence-corrected chi connectivity index (χ2v) is 5.56. The maximum atomic E-state index is 4.26. The molecule has 1 aromatic carbocycles. The minimum absolute atomic E-state index is 0.427. The molecule has 0 aliphatic carbocycles. The molecule has 0 saturated carbocycles. The Balaban J connectivity index is 1.83. The van der Waals surface area contributed by atoms with E-state index in [-0.39, 0.29) is 0 Å². The summed E-state index contributed by atoms with van der Waals surface area (Å²) < 4.78 is 1.86. The van der Waals surface area contributed by atoms with Crippen LogP contribution in [0.1, 0.15) is 29.7 Å². The highest BCUT2D eigenvalue weighted by molar-refractivity contribution is 5.79. The van der Waals surface area contributed by atoms with E-state index in [1.54, 1.807) is 13.2 Å². The van der Waals surface area contributed by atoms with Crippen molar-refractivity contribution < 1.29 is 0 Å². The molecular weight excluding hydrogens is 274 g/mol. The number of aliphatic imine (C=N–C) groups is 1. The van der Waals surface area contributed by atoms with Crippen molar-refractivity contribution in [3.63, 3.8) is 0 Å². The Labute approximate surface area is 132 Å². The van der Waals surface area contributed by atoms with Crippen molar-refractivity contribution >= 4 is 5.96 Å². The third-order valence-corrected chi connectivity index (χ3v) is 3.81. The van der Waals surface area contributed by atoms with Gasteiger partial charge in [0, 0.05) is 26.8 Å². The first kappa shape index (κ1) is 16.1. The number of hydrogen-bond donors (Lipinski definition) is 2. The molecule has 0 bridgehead atoms. The first-order valence-electron chi connectivity index (χ1n) is 7.58. The van der Waals surface area contributed by atoms with Crippen LogP contribution < -0.4 is 10.6 Å². The molecule has 5 heteroatoms. The molecule has 0 aliphatic heterocycles. The number of aryl methyl sites for hydroxylation is 2. The summed E-state index contributed by atoms with van der Waals surface area (Å²) in [6, 6.07) is 10.7. The molecule has 1 heterocycles. The Morgan fingerprint density at radius 1 is 1.23 bits per heavy atom. The summed E-state index contributed by atoms with van der Waals surface area (Å²) in [4.78, 5) is 4.26. The standard InChI is InChI=1S/C17H25N5/c1-13-5-7-15(8-6-13)14(2)11-19-17(18-3)20-12-16-9-10-21-22(16)4/h5-10,14H,11-12H2,1-4H3,(H2,18,19,20). The van der Waals surface area contributed by atoms with Crippen LogP contribution in [0.5, 0.6) is 0 Å². The summed E-state index contributed by atoms with van der Waals surface area (Å²) >= 11 is 0. The molecule has 5 nitrogen and oxygen atoms in total. The van der Waals surface area contributed by atoms with Crippen molar-refractivity contribution in [2.24, 2.45) is 12.0 Å². The highest BCUT2D eigenvalue weighted by Crippen LogP contribution is 2.14. The summed E-state index contributed by atoms with van der Waals surface area (Å²) in [6.07, 6.45) is 1.80. The average molecular weight is 299 g/mol. The number of benzene rings is 1. The molecule has 0 fully saturated rings. The number of hydrogen-bond acceptors (Lipinski definition) is 2. The molecule has 2 rings (SSSR count). The van der Waals surface area contributed by atoms with E-state index in [0.29, 0.717) is 12.5 Å². The lowest BCUT2D eigenvalue weighted by Gasteiger charge is -2.16. The first-order chi connectivity index (χ1) is 10.6. The second kappa shape index (κ2) is 7.64. The van der Waals surface area contributed by atoms with E-state index >= 15 is 0 Å². The van der Waals surface area contributed by atoms with Gasteiger partial charge in [0.05, 0.1) is 12.2 Å². The maximum Gasteiger partial charge on any atom is 0.191 e. The number of rotatable bonds is 5. The highest BCUT2D eigenvalue weighted by atomic mass is 15.3. The molecule has 0 radical (unpaired) electrons. The van der Waals surface area contributed by atoms with Crippen LogP contribution in [-0.4, -0.2) is 29.3 Å². The van der Waals surface area contributed by atoms with Gasteiger partial charge in [-0.05, 0) is 24.5 Å². The smallest absolute Gasteiger partial charge is 0.191 e. The lowest BCUT2D eigenvalue weighted by molar-refractivity contribution is 0.669. The third-order valence-electron chi connectivity index (χ3n) is 3.81. The van der Waals surface area contributed by atoms with E-state index in [4.69, 9.17) is 0 Å². The van der Waals surface area contributed by atoms with Gasteiger partial charge < -0.3 is 10.6 Å². The molecule has 1 unspecified atom stereocenters. The number of aromatic nitrogens is 2. The lowest BCUT2D eigenvalue weighted by atomic mass is 10.0. The normalized spacial score (nSPS) is 13.0. The van der Waals surface area contributed by atoms with Crippen LogP contribution >= 0.6 is 0 Å². The quantitative estimate of drug-likeness (QED) is 0.657. The Morgan fingerprint density at radius 3 is 2.55 bits per heavy atom. The number of nitrogens with one attached hydrogen (secondary N) is 2. The number of guanidine groups is 1. The van der Waals surface area contributed by atoms with E-state index in [9.17, 15) is 0 Å². The molecule has 0 aliphatic rings. The minimum Gasteiger partial charge on any atom is -0.356 e. The van der Waals surface area contributed by atoms with Gasteiger partial charge in [0.2, 0.25) is 0 Å². The van der Waals surface area contributed by atoms with Gasteiger partial charge in [-0.3, -0.25) is 9.67 Å². The van der Waals surface area contributed by atoms with Crippen molar-refractivity contribution in [3.05, 3.63) is 53.3 Å². The molecule has 0 saturated heterocycles. The Hall–Kier alpha value is -2.30. The van der Waals surface area contributed by atoms with Crippen LogP contribution in [-0.2, 0) is 13.6 Å². The monoisotopic (exact) mass is 299 g/mol. The van der Waals surface area contributed by atoms with Crippen molar-refractivity contribution in [2.45, 2.75) is 26.3 Å². The van der Waals surface area contributed by atoms with Gasteiger partial charge in [-0.15, -0.1) is 0 Å². The zero-order valence-electron chi connectivity index (χ0n) is 13.8. The Morgan fingerprint density at radius 2 is 1.95 bits per heavy atom. The summed E-state index contributed by atoms with van der Waals surface area (Å²) in [6.45, 7) is 5.87. The van der Waals surface area contributed by atoms with Crippen molar-refractivity contribution in [1.29, 1.82) is 0 Å². The summed E-state index contributed by atoms with van der Waals surface area (Å²) in [5.74, 6) is 1.23. The SMILES string of the molecule is CN=C(NCc1ccnn1C)NCC(C)c1ccc(C)cc1. The van der Waals surface area contributed by atoms with E-state index in [0.717, 1.165) is 18.2 Å². The van der Waals surface area contributed by atoms with Gasteiger partial charge in [0.1, 0.15) is 0 Å². The topological polar surface area (TPSA) is 54.2 Å². The lowest BCUT2D eigenvalue weighted by Crippen LogP contribution is -2.38. The second-order valence-electron chi connectivity index (χ2n) is 5.56. The van der Waals surface area contributed by atoms with Crippen LogP contribution in [0, 0.1) is 6.92 Å². The van der Waals surface area contributed by atoms with E-state index in [2.05, 4.69) is 58.8 Å². The van der Waals surface area contributed by atoms with E-state index in [1.807, 2.05) is 17.8 Å². The minimum atomic E-state index is 0.427. The van der Waals surface area contributed by atoms with Crippen molar-refractivity contribution in [3.8, 4) is 0 Å². The van der Waals surface area contributed by atoms with Gasteiger partial charge in [0.15, 0.2) is 5.96 Å². The van der Waals surface area contributed by atoms with Gasteiger partial charge >= 0.3 is 0 Å². The molecule has 2 aromatic rings. The molecule has 118 valence electrons. The van der Waals surface area contributed by atoms with Crippen LogP contribution in [0.25, 0.3) is 0 Å². The predicted octanol–water partition coefficient (Wildman–Crippen LogP) is 2.20. The summed E-state index contributed by atoms with van der Waals surface area (Å²) in [5.41, 5.74) is 3.74. The third kappa shape index (κ3) is 4.35. The van der Waals surface area contributed by atoms with Crippen molar-refractivity contribution in [2.75, 3.05) is 13.6 Å². The maximum absolute atomic E-state index is 4.26. The highest BCUT2D eigenvalue weighted by Gasteiger charge is 2.07. The van der Waals surface area contributed by atoms with Crippen LogP contribution in [0.4, 0.5) is 0 Å². The molecule has 22 heavy (non-hydrogen) atoms. The fourth-order valence-corrected chi connectivity index (χ4v) is 2.23. The predicted molar refractivity (Wildman–Crippen MR) is 91.0 cm³/mol. The van der Waals surface area contributed by atoms with Crippen LogP contribution in [0.15, 0.2) is 41.5 Å². The number of nitrogens with zero attached hydrogens (tertiary/aromatic N) is 3. The fourth-order valence-electron chi connectivity index (χ4n) is 2.23.